The quantitative estimate of drug-likeness (QED) is 0.847. The van der Waals surface area contributed by atoms with Crippen LogP contribution in [0.2, 0.25) is 0 Å². The predicted octanol–water partition coefficient (Wildman–Crippen LogP) is 3.84. The molecule has 1 aliphatic carbocycles. The second kappa shape index (κ2) is 6.47. The summed E-state index contributed by atoms with van der Waals surface area (Å²) in [5.41, 5.74) is 2.52. The second-order valence-corrected chi connectivity index (χ2v) is 6.90. The average molecular weight is 277 g/mol. The molecule has 1 aliphatic rings. The van der Waals surface area contributed by atoms with Crippen molar-refractivity contribution in [2.45, 2.75) is 62.6 Å². The molecular formula is C16H23NOS. The summed E-state index contributed by atoms with van der Waals surface area (Å²) in [5, 5.41) is 3.14. The number of hydrogen-bond donors (Lipinski definition) is 1. The van der Waals surface area contributed by atoms with Crippen LogP contribution in [-0.2, 0) is 4.79 Å². The Balaban J connectivity index is 1.92. The van der Waals surface area contributed by atoms with Gasteiger partial charge in [0.2, 0.25) is 5.91 Å². The van der Waals surface area contributed by atoms with Crippen LogP contribution in [-0.4, -0.2) is 17.2 Å². The fourth-order valence-electron chi connectivity index (χ4n) is 2.56. The first kappa shape index (κ1) is 14.4. The van der Waals surface area contributed by atoms with E-state index in [1.165, 1.54) is 28.9 Å². The zero-order chi connectivity index (χ0) is 13.8. The monoisotopic (exact) mass is 277 g/mol. The van der Waals surface area contributed by atoms with Crippen LogP contribution in [0.5, 0.6) is 0 Å². The number of amides is 1. The van der Waals surface area contributed by atoms with Crippen LogP contribution >= 0.6 is 11.8 Å². The first-order chi connectivity index (χ1) is 9.06. The molecule has 1 fully saturated rings. The van der Waals surface area contributed by atoms with Gasteiger partial charge in [-0.3, -0.25) is 4.79 Å². The summed E-state index contributed by atoms with van der Waals surface area (Å²) in [6, 6.07) is 6.81. The van der Waals surface area contributed by atoms with Gasteiger partial charge in [-0.25, -0.2) is 0 Å². The molecule has 1 amide bonds. The van der Waals surface area contributed by atoms with Crippen molar-refractivity contribution in [3.05, 3.63) is 29.3 Å². The van der Waals surface area contributed by atoms with Crippen LogP contribution in [0.15, 0.2) is 23.1 Å². The van der Waals surface area contributed by atoms with E-state index >= 15 is 0 Å². The van der Waals surface area contributed by atoms with Crippen molar-refractivity contribution in [3.8, 4) is 0 Å². The van der Waals surface area contributed by atoms with Crippen LogP contribution in [0.25, 0.3) is 0 Å². The molecule has 2 nitrogen and oxygen atoms in total. The number of rotatable bonds is 4. The summed E-state index contributed by atoms with van der Waals surface area (Å²) in [6.45, 7) is 6.20. The molecule has 1 aromatic rings. The lowest BCUT2D eigenvalue weighted by atomic mass is 10.2. The van der Waals surface area contributed by atoms with Gasteiger partial charge in [0, 0.05) is 10.9 Å². The molecule has 0 saturated heterocycles. The Morgan fingerprint density at radius 3 is 2.63 bits per heavy atom. The Morgan fingerprint density at radius 1 is 1.32 bits per heavy atom. The zero-order valence-electron chi connectivity index (χ0n) is 12.0. The van der Waals surface area contributed by atoms with E-state index in [9.17, 15) is 4.79 Å². The van der Waals surface area contributed by atoms with E-state index in [0.717, 1.165) is 12.8 Å². The maximum absolute atomic E-state index is 12.1. The van der Waals surface area contributed by atoms with Crippen molar-refractivity contribution in [2.75, 3.05) is 0 Å². The van der Waals surface area contributed by atoms with Crippen molar-refractivity contribution in [2.24, 2.45) is 0 Å². The first-order valence-corrected chi connectivity index (χ1v) is 7.98. The maximum Gasteiger partial charge on any atom is 0.233 e. The second-order valence-electron chi connectivity index (χ2n) is 5.52. The van der Waals surface area contributed by atoms with Crippen LogP contribution in [0.1, 0.15) is 43.7 Å². The van der Waals surface area contributed by atoms with Gasteiger partial charge in [-0.05, 0) is 45.2 Å². The van der Waals surface area contributed by atoms with E-state index in [4.69, 9.17) is 0 Å². The lowest BCUT2D eigenvalue weighted by Gasteiger charge is -2.17. The molecule has 3 heteroatoms. The number of hydrogen-bond acceptors (Lipinski definition) is 2. The fraction of sp³-hybridized carbons (Fsp3) is 0.562. The number of nitrogens with one attached hydrogen (secondary N) is 1. The predicted molar refractivity (Wildman–Crippen MR) is 81.6 cm³/mol. The highest BCUT2D eigenvalue weighted by molar-refractivity contribution is 8.00. The Kier molecular flexibility index (Phi) is 4.92. The molecule has 1 atom stereocenters. The number of aryl methyl sites for hydroxylation is 2. The summed E-state index contributed by atoms with van der Waals surface area (Å²) < 4.78 is 0. The SMILES string of the molecule is Cc1ccc(S[C@H](C)C(=O)NC2CCCC2)c(C)c1. The van der Waals surface area contributed by atoms with Gasteiger partial charge in [-0.2, -0.15) is 0 Å². The maximum atomic E-state index is 12.1. The van der Waals surface area contributed by atoms with Gasteiger partial charge >= 0.3 is 0 Å². The van der Waals surface area contributed by atoms with Crippen molar-refractivity contribution in [3.63, 3.8) is 0 Å². The summed E-state index contributed by atoms with van der Waals surface area (Å²) in [7, 11) is 0. The highest BCUT2D eigenvalue weighted by atomic mass is 32.2. The van der Waals surface area contributed by atoms with E-state index in [0.29, 0.717) is 6.04 Å². The van der Waals surface area contributed by atoms with Gasteiger partial charge in [0.1, 0.15) is 0 Å². The molecule has 1 N–H and O–H groups in total. The zero-order valence-corrected chi connectivity index (χ0v) is 12.8. The standard InChI is InChI=1S/C16H23NOS/c1-11-8-9-15(12(2)10-11)19-13(3)16(18)17-14-6-4-5-7-14/h8-10,13-14H,4-7H2,1-3H3,(H,17,18)/t13-/m1/s1. The smallest absolute Gasteiger partial charge is 0.233 e. The summed E-state index contributed by atoms with van der Waals surface area (Å²) in [4.78, 5) is 13.4. The number of thioether (sulfide) groups is 1. The summed E-state index contributed by atoms with van der Waals surface area (Å²) >= 11 is 1.66. The molecule has 19 heavy (non-hydrogen) atoms. The van der Waals surface area contributed by atoms with E-state index in [-0.39, 0.29) is 11.2 Å². The number of carbonyl (C=O) groups excluding carboxylic acids is 1. The minimum Gasteiger partial charge on any atom is -0.352 e. The number of carbonyl (C=O) groups is 1. The Bertz CT molecular complexity index is 452. The molecule has 0 radical (unpaired) electrons. The summed E-state index contributed by atoms with van der Waals surface area (Å²) in [6.07, 6.45) is 4.80. The van der Waals surface area contributed by atoms with Gasteiger partial charge in [0.25, 0.3) is 0 Å². The molecule has 0 bridgehead atoms. The van der Waals surface area contributed by atoms with Gasteiger partial charge in [-0.15, -0.1) is 11.8 Å². The van der Waals surface area contributed by atoms with Crippen molar-refractivity contribution in [1.82, 2.24) is 5.32 Å². The highest BCUT2D eigenvalue weighted by Crippen LogP contribution is 2.28. The molecule has 0 spiro atoms. The third kappa shape index (κ3) is 4.00. The van der Waals surface area contributed by atoms with Gasteiger partial charge in [0.15, 0.2) is 0 Å². The normalized spacial score (nSPS) is 17.4. The molecule has 104 valence electrons. The highest BCUT2D eigenvalue weighted by Gasteiger charge is 2.21. The number of benzene rings is 1. The molecule has 2 rings (SSSR count). The van der Waals surface area contributed by atoms with Crippen molar-refractivity contribution >= 4 is 17.7 Å². The van der Waals surface area contributed by atoms with Crippen LogP contribution in [0.3, 0.4) is 0 Å². The van der Waals surface area contributed by atoms with Gasteiger partial charge < -0.3 is 5.32 Å². The van der Waals surface area contributed by atoms with E-state index < -0.39 is 0 Å². The van der Waals surface area contributed by atoms with Crippen molar-refractivity contribution < 1.29 is 4.79 Å². The minimum atomic E-state index is -0.0259. The first-order valence-electron chi connectivity index (χ1n) is 7.10. The molecule has 0 aromatic heterocycles. The molecule has 0 unspecified atom stereocenters. The van der Waals surface area contributed by atoms with Gasteiger partial charge in [-0.1, -0.05) is 30.5 Å². The van der Waals surface area contributed by atoms with E-state index in [1.807, 2.05) is 6.92 Å². The lowest BCUT2D eigenvalue weighted by molar-refractivity contribution is -0.120. The molecule has 0 aliphatic heterocycles. The molecule has 1 aromatic carbocycles. The average Bonchev–Trinajstić information content (AvgIpc) is 2.85. The van der Waals surface area contributed by atoms with Gasteiger partial charge in [0.05, 0.1) is 5.25 Å². The Hall–Kier alpha value is -0.960. The van der Waals surface area contributed by atoms with Crippen molar-refractivity contribution in [1.29, 1.82) is 0 Å². The van der Waals surface area contributed by atoms with Crippen LogP contribution < -0.4 is 5.32 Å². The molecule has 1 saturated carbocycles. The van der Waals surface area contributed by atoms with Crippen LogP contribution in [0.4, 0.5) is 0 Å². The largest absolute Gasteiger partial charge is 0.352 e. The fourth-order valence-corrected chi connectivity index (χ4v) is 3.51. The minimum absolute atomic E-state index is 0.0259. The third-order valence-corrected chi connectivity index (χ3v) is 4.98. The topological polar surface area (TPSA) is 29.1 Å². The van der Waals surface area contributed by atoms with E-state index in [1.54, 1.807) is 11.8 Å². The molecular weight excluding hydrogens is 254 g/mol. The Labute approximate surface area is 120 Å². The third-order valence-electron chi connectivity index (χ3n) is 3.70. The summed E-state index contributed by atoms with van der Waals surface area (Å²) in [5.74, 6) is 0.178. The van der Waals surface area contributed by atoms with E-state index in [2.05, 4.69) is 37.4 Å². The Morgan fingerprint density at radius 2 is 2.00 bits per heavy atom. The lowest BCUT2D eigenvalue weighted by Crippen LogP contribution is -2.37. The van der Waals surface area contributed by atoms with Crippen LogP contribution in [0, 0.1) is 13.8 Å². The molecule has 0 heterocycles.